The van der Waals surface area contributed by atoms with Crippen molar-refractivity contribution >= 4 is 0 Å². The Balaban J connectivity index is 2.17. The van der Waals surface area contributed by atoms with Gasteiger partial charge in [-0.1, -0.05) is 0 Å². The Morgan fingerprint density at radius 3 is 2.33 bits per heavy atom. The van der Waals surface area contributed by atoms with Gasteiger partial charge in [0, 0.05) is 5.56 Å². The summed E-state index contributed by atoms with van der Waals surface area (Å²) in [4.78, 5) is 0. The molecule has 1 aromatic carbocycles. The zero-order chi connectivity index (χ0) is 13.2. The highest BCUT2D eigenvalue weighted by atomic mass is 16.5. The van der Waals surface area contributed by atoms with Crippen LogP contribution < -0.4 is 10.5 Å². The van der Waals surface area contributed by atoms with Gasteiger partial charge < -0.3 is 14.9 Å². The Morgan fingerprint density at radius 1 is 1.17 bits per heavy atom. The van der Waals surface area contributed by atoms with Crippen molar-refractivity contribution < 1.29 is 9.15 Å². The third-order valence-corrected chi connectivity index (χ3v) is 2.17. The number of benzene rings is 1. The second-order valence-corrected chi connectivity index (χ2v) is 4.94. The molecule has 0 aliphatic rings. The monoisotopic (exact) mass is 247 g/mol. The SMILES string of the molecule is CC(C)(C)Oc1ccc(-c2nnc(CN)o2)cc1. The lowest BCUT2D eigenvalue weighted by Crippen LogP contribution is -2.22. The first-order valence-corrected chi connectivity index (χ1v) is 5.80. The molecule has 0 spiro atoms. The minimum atomic E-state index is -0.210. The Bertz CT molecular complexity index is 512. The summed E-state index contributed by atoms with van der Waals surface area (Å²) in [7, 11) is 0. The number of nitrogens with two attached hydrogens (primary N) is 1. The lowest BCUT2D eigenvalue weighted by Gasteiger charge is -2.21. The van der Waals surface area contributed by atoms with Gasteiger partial charge in [-0.25, -0.2) is 0 Å². The molecule has 0 bridgehead atoms. The molecular weight excluding hydrogens is 230 g/mol. The molecule has 5 nitrogen and oxygen atoms in total. The van der Waals surface area contributed by atoms with Crippen molar-refractivity contribution in [1.82, 2.24) is 10.2 Å². The van der Waals surface area contributed by atoms with E-state index in [0.717, 1.165) is 11.3 Å². The molecule has 0 atom stereocenters. The molecule has 1 aromatic heterocycles. The van der Waals surface area contributed by atoms with E-state index in [9.17, 15) is 0 Å². The maximum absolute atomic E-state index is 5.73. The van der Waals surface area contributed by atoms with Crippen molar-refractivity contribution in [3.8, 4) is 17.2 Å². The van der Waals surface area contributed by atoms with E-state index in [1.807, 2.05) is 45.0 Å². The van der Waals surface area contributed by atoms with Gasteiger partial charge in [-0.05, 0) is 45.0 Å². The summed E-state index contributed by atoms with van der Waals surface area (Å²) in [5, 5.41) is 7.74. The molecule has 0 aliphatic heterocycles. The van der Waals surface area contributed by atoms with E-state index in [1.165, 1.54) is 0 Å². The number of aromatic nitrogens is 2. The molecule has 2 N–H and O–H groups in total. The Hall–Kier alpha value is -1.88. The second-order valence-electron chi connectivity index (χ2n) is 4.94. The van der Waals surface area contributed by atoms with Gasteiger partial charge in [-0.3, -0.25) is 0 Å². The minimum absolute atomic E-state index is 0.210. The first-order chi connectivity index (χ1) is 8.48. The zero-order valence-electron chi connectivity index (χ0n) is 10.8. The molecule has 0 unspecified atom stereocenters. The molecule has 0 radical (unpaired) electrons. The van der Waals surface area contributed by atoms with Crippen molar-refractivity contribution in [2.24, 2.45) is 5.73 Å². The highest BCUT2D eigenvalue weighted by Crippen LogP contribution is 2.23. The van der Waals surface area contributed by atoms with Crippen LogP contribution in [-0.2, 0) is 6.54 Å². The summed E-state index contributed by atoms with van der Waals surface area (Å²) in [6, 6.07) is 7.53. The third kappa shape index (κ3) is 3.07. The molecule has 0 amide bonds. The summed E-state index contributed by atoms with van der Waals surface area (Å²) < 4.78 is 11.1. The van der Waals surface area contributed by atoms with E-state index in [0.29, 0.717) is 11.8 Å². The normalized spacial score (nSPS) is 11.6. The molecule has 2 aromatic rings. The highest BCUT2D eigenvalue weighted by Gasteiger charge is 2.12. The van der Waals surface area contributed by atoms with Crippen molar-refractivity contribution in [3.63, 3.8) is 0 Å². The van der Waals surface area contributed by atoms with Crippen molar-refractivity contribution in [2.75, 3.05) is 0 Å². The van der Waals surface area contributed by atoms with E-state index in [-0.39, 0.29) is 12.1 Å². The van der Waals surface area contributed by atoms with E-state index < -0.39 is 0 Å². The number of ether oxygens (including phenoxy) is 1. The van der Waals surface area contributed by atoms with Crippen molar-refractivity contribution in [3.05, 3.63) is 30.2 Å². The van der Waals surface area contributed by atoms with E-state index in [1.54, 1.807) is 0 Å². The highest BCUT2D eigenvalue weighted by molar-refractivity contribution is 5.53. The lowest BCUT2D eigenvalue weighted by molar-refractivity contribution is 0.131. The average Bonchev–Trinajstić information content (AvgIpc) is 2.76. The largest absolute Gasteiger partial charge is 0.488 e. The maximum Gasteiger partial charge on any atom is 0.247 e. The number of hydrogen-bond donors (Lipinski definition) is 1. The Morgan fingerprint density at radius 2 is 1.83 bits per heavy atom. The first-order valence-electron chi connectivity index (χ1n) is 5.80. The van der Waals surface area contributed by atoms with Crippen LogP contribution in [0.1, 0.15) is 26.7 Å². The summed E-state index contributed by atoms with van der Waals surface area (Å²) in [5.74, 6) is 1.71. The van der Waals surface area contributed by atoms with Gasteiger partial charge in [-0.2, -0.15) is 0 Å². The minimum Gasteiger partial charge on any atom is -0.488 e. The molecule has 0 saturated carbocycles. The quantitative estimate of drug-likeness (QED) is 0.901. The van der Waals surface area contributed by atoms with Crippen LogP contribution in [0.25, 0.3) is 11.5 Å². The summed E-state index contributed by atoms with van der Waals surface area (Å²) >= 11 is 0. The number of nitrogens with zero attached hydrogens (tertiary/aromatic N) is 2. The van der Waals surface area contributed by atoms with Crippen LogP contribution in [0.4, 0.5) is 0 Å². The van der Waals surface area contributed by atoms with Gasteiger partial charge in [-0.15, -0.1) is 10.2 Å². The van der Waals surface area contributed by atoms with Crippen LogP contribution in [0.5, 0.6) is 5.75 Å². The van der Waals surface area contributed by atoms with Gasteiger partial charge in [0.25, 0.3) is 0 Å². The molecule has 18 heavy (non-hydrogen) atoms. The topological polar surface area (TPSA) is 74.2 Å². The molecule has 0 saturated heterocycles. The summed E-state index contributed by atoms with van der Waals surface area (Å²) in [6.07, 6.45) is 0. The summed E-state index contributed by atoms with van der Waals surface area (Å²) in [6.45, 7) is 6.27. The molecule has 0 aliphatic carbocycles. The predicted octanol–water partition coefficient (Wildman–Crippen LogP) is 2.37. The average molecular weight is 247 g/mol. The molecule has 96 valence electrons. The van der Waals surface area contributed by atoms with Gasteiger partial charge in [0.1, 0.15) is 11.4 Å². The second kappa shape index (κ2) is 4.78. The van der Waals surface area contributed by atoms with Crippen LogP contribution >= 0.6 is 0 Å². The van der Waals surface area contributed by atoms with E-state index >= 15 is 0 Å². The number of hydrogen-bond acceptors (Lipinski definition) is 5. The molecular formula is C13H17N3O2. The fraction of sp³-hybridized carbons (Fsp3) is 0.385. The van der Waals surface area contributed by atoms with Crippen LogP contribution in [0.3, 0.4) is 0 Å². The molecule has 5 heteroatoms. The standard InChI is InChI=1S/C13H17N3O2/c1-13(2,3)18-10-6-4-9(5-7-10)12-16-15-11(8-14)17-12/h4-7H,8,14H2,1-3H3. The van der Waals surface area contributed by atoms with Gasteiger partial charge in [0.15, 0.2) is 0 Å². The molecule has 0 fully saturated rings. The van der Waals surface area contributed by atoms with Gasteiger partial charge in [0.2, 0.25) is 11.8 Å². The van der Waals surface area contributed by atoms with Gasteiger partial charge in [0.05, 0.1) is 6.54 Å². The predicted molar refractivity (Wildman–Crippen MR) is 68.0 cm³/mol. The Kier molecular flexibility index (Phi) is 3.34. The third-order valence-electron chi connectivity index (χ3n) is 2.17. The van der Waals surface area contributed by atoms with Crippen molar-refractivity contribution in [1.29, 1.82) is 0 Å². The first kappa shape index (κ1) is 12.6. The molecule has 2 rings (SSSR count). The van der Waals surface area contributed by atoms with Crippen LogP contribution in [0.15, 0.2) is 28.7 Å². The van der Waals surface area contributed by atoms with E-state index in [4.69, 9.17) is 14.9 Å². The maximum atomic E-state index is 5.73. The Labute approximate surface area is 106 Å². The van der Waals surface area contributed by atoms with Crippen LogP contribution in [0, 0.1) is 0 Å². The smallest absolute Gasteiger partial charge is 0.247 e. The fourth-order valence-electron chi connectivity index (χ4n) is 1.47. The van der Waals surface area contributed by atoms with Gasteiger partial charge >= 0.3 is 0 Å². The fourth-order valence-corrected chi connectivity index (χ4v) is 1.47. The number of rotatable bonds is 3. The zero-order valence-corrected chi connectivity index (χ0v) is 10.8. The van der Waals surface area contributed by atoms with Crippen molar-refractivity contribution in [2.45, 2.75) is 32.9 Å². The lowest BCUT2D eigenvalue weighted by atomic mass is 10.1. The summed E-state index contributed by atoms with van der Waals surface area (Å²) in [5.41, 5.74) is 6.06. The molecule has 1 heterocycles. The van der Waals surface area contributed by atoms with Crippen LogP contribution in [-0.4, -0.2) is 15.8 Å². The van der Waals surface area contributed by atoms with E-state index in [2.05, 4.69) is 10.2 Å². The van der Waals surface area contributed by atoms with Crippen LogP contribution in [0.2, 0.25) is 0 Å².